The lowest BCUT2D eigenvalue weighted by Crippen LogP contribution is -2.64. The molecule has 1 aromatic rings. The van der Waals surface area contributed by atoms with Crippen molar-refractivity contribution in [1.82, 2.24) is 4.90 Å². The monoisotopic (exact) mass is 321 g/mol. The first-order valence-electron chi connectivity index (χ1n) is 7.61. The summed E-state index contributed by atoms with van der Waals surface area (Å²) in [5.74, 6) is -1.00. The van der Waals surface area contributed by atoms with Crippen LogP contribution in [0.2, 0.25) is 0 Å². The third-order valence-corrected chi connectivity index (χ3v) is 5.14. The molecule has 2 aliphatic rings. The van der Waals surface area contributed by atoms with Crippen molar-refractivity contribution in [2.45, 2.75) is 29.8 Å². The van der Waals surface area contributed by atoms with Crippen LogP contribution in [0.4, 0.5) is 0 Å². The number of likely N-dealkylation sites (tertiary alicyclic amines) is 1. The van der Waals surface area contributed by atoms with Crippen LogP contribution in [0.25, 0.3) is 0 Å². The Bertz CT molecular complexity index is 629. The van der Waals surface area contributed by atoms with Crippen molar-refractivity contribution in [3.63, 3.8) is 0 Å². The van der Waals surface area contributed by atoms with E-state index >= 15 is 0 Å². The molecule has 23 heavy (non-hydrogen) atoms. The number of likely N-dealkylation sites (N-methyl/N-ethyl adjacent to an activating group) is 1. The number of benzene rings is 1. The van der Waals surface area contributed by atoms with Gasteiger partial charge in [-0.1, -0.05) is 18.2 Å². The van der Waals surface area contributed by atoms with Crippen molar-refractivity contribution in [2.75, 3.05) is 27.8 Å². The standard InChI is InChI=1S/C17H23NO5/c1-18-9-8-16(7-6-14(19)17(20,21)15(16)18)11-4-5-12(22-2)13(10-11)23-3/h4-7,10,14-15,19-21H,8-9H2,1-3H3/t14?,15?,16-/m0/s1. The summed E-state index contributed by atoms with van der Waals surface area (Å²) in [4.78, 5) is 1.88. The molecule has 1 aliphatic heterocycles. The fourth-order valence-electron chi connectivity index (χ4n) is 3.99. The SMILES string of the molecule is COc1ccc([C@@]23C=CC(O)C(O)(O)C2N(C)CC3)cc1OC. The first-order valence-corrected chi connectivity index (χ1v) is 7.61. The molecule has 0 aromatic heterocycles. The van der Waals surface area contributed by atoms with Crippen molar-refractivity contribution < 1.29 is 24.8 Å². The zero-order chi connectivity index (χ0) is 16.8. The maximum absolute atomic E-state index is 10.5. The van der Waals surface area contributed by atoms with E-state index in [4.69, 9.17) is 9.47 Å². The lowest BCUT2D eigenvalue weighted by molar-refractivity contribution is -0.252. The third-order valence-electron chi connectivity index (χ3n) is 5.14. The molecule has 0 radical (unpaired) electrons. The van der Waals surface area contributed by atoms with Crippen molar-refractivity contribution >= 4 is 0 Å². The minimum atomic E-state index is -2.22. The lowest BCUT2D eigenvalue weighted by atomic mass is 9.67. The molecular weight excluding hydrogens is 298 g/mol. The number of rotatable bonds is 3. The molecule has 1 fully saturated rings. The van der Waals surface area contributed by atoms with Crippen LogP contribution in [0.5, 0.6) is 11.5 Å². The van der Waals surface area contributed by atoms with Gasteiger partial charge in [0.25, 0.3) is 0 Å². The van der Waals surface area contributed by atoms with Gasteiger partial charge in [0.05, 0.1) is 20.3 Å². The van der Waals surface area contributed by atoms with Crippen LogP contribution >= 0.6 is 0 Å². The lowest BCUT2D eigenvalue weighted by Gasteiger charge is -2.47. The number of aliphatic hydroxyl groups excluding tert-OH is 1. The maximum atomic E-state index is 10.5. The molecule has 0 amide bonds. The number of ether oxygens (including phenoxy) is 2. The maximum Gasteiger partial charge on any atom is 0.210 e. The summed E-state index contributed by atoms with van der Waals surface area (Å²) >= 11 is 0. The topological polar surface area (TPSA) is 82.4 Å². The van der Waals surface area contributed by atoms with Crippen LogP contribution in [0.1, 0.15) is 12.0 Å². The summed E-state index contributed by atoms with van der Waals surface area (Å²) in [6.45, 7) is 0.693. The fraction of sp³-hybridized carbons (Fsp3) is 0.529. The molecule has 6 heteroatoms. The number of fused-ring (bicyclic) bond motifs is 1. The van der Waals surface area contributed by atoms with E-state index in [-0.39, 0.29) is 0 Å². The molecule has 1 aliphatic carbocycles. The minimum absolute atomic E-state index is 0.591. The average molecular weight is 321 g/mol. The third kappa shape index (κ3) is 2.25. The highest BCUT2D eigenvalue weighted by molar-refractivity contribution is 5.49. The van der Waals surface area contributed by atoms with Crippen LogP contribution in [0.15, 0.2) is 30.4 Å². The zero-order valence-corrected chi connectivity index (χ0v) is 13.6. The summed E-state index contributed by atoms with van der Waals surface area (Å²) < 4.78 is 10.7. The molecule has 3 N–H and O–H groups in total. The van der Waals surface area contributed by atoms with E-state index < -0.39 is 23.3 Å². The van der Waals surface area contributed by atoms with Crippen LogP contribution in [0, 0.1) is 0 Å². The zero-order valence-electron chi connectivity index (χ0n) is 13.6. The van der Waals surface area contributed by atoms with Crippen LogP contribution in [-0.2, 0) is 5.41 Å². The first-order chi connectivity index (χ1) is 10.9. The van der Waals surface area contributed by atoms with Gasteiger partial charge in [0.2, 0.25) is 5.79 Å². The van der Waals surface area contributed by atoms with Gasteiger partial charge in [-0.2, -0.15) is 0 Å². The molecular formula is C17H23NO5. The molecule has 0 spiro atoms. The molecule has 0 bridgehead atoms. The van der Waals surface area contributed by atoms with Gasteiger partial charge in [-0.3, -0.25) is 4.90 Å². The first kappa shape index (κ1) is 16.3. The summed E-state index contributed by atoms with van der Waals surface area (Å²) in [5, 5.41) is 31.0. The van der Waals surface area contributed by atoms with Gasteiger partial charge in [-0.25, -0.2) is 0 Å². The summed E-state index contributed by atoms with van der Waals surface area (Å²) in [7, 11) is 4.98. The molecule has 0 saturated carbocycles. The van der Waals surface area contributed by atoms with E-state index in [2.05, 4.69) is 0 Å². The Balaban J connectivity index is 2.15. The molecule has 6 nitrogen and oxygen atoms in total. The molecule has 126 valence electrons. The summed E-state index contributed by atoms with van der Waals surface area (Å²) in [6.07, 6.45) is 2.75. The van der Waals surface area contributed by atoms with Gasteiger partial charge in [-0.05, 0) is 37.7 Å². The number of nitrogens with zero attached hydrogens (tertiary/aromatic N) is 1. The highest BCUT2D eigenvalue weighted by atomic mass is 16.5. The second-order valence-electron chi connectivity index (χ2n) is 6.33. The Morgan fingerprint density at radius 1 is 1.17 bits per heavy atom. The van der Waals surface area contributed by atoms with Gasteiger partial charge < -0.3 is 24.8 Å². The van der Waals surface area contributed by atoms with Crippen LogP contribution in [0.3, 0.4) is 0 Å². The molecule has 1 heterocycles. The van der Waals surface area contributed by atoms with Crippen molar-refractivity contribution in [2.24, 2.45) is 0 Å². The van der Waals surface area contributed by atoms with Crippen LogP contribution < -0.4 is 9.47 Å². The quantitative estimate of drug-likeness (QED) is 0.547. The van der Waals surface area contributed by atoms with Gasteiger partial charge in [-0.15, -0.1) is 0 Å². The molecule has 3 atom stereocenters. The molecule has 1 aromatic carbocycles. The number of hydrogen-bond donors (Lipinski definition) is 3. The van der Waals surface area contributed by atoms with E-state index in [1.165, 1.54) is 6.08 Å². The predicted molar refractivity (Wildman–Crippen MR) is 84.6 cm³/mol. The average Bonchev–Trinajstić information content (AvgIpc) is 2.90. The highest BCUT2D eigenvalue weighted by Gasteiger charge is 2.59. The van der Waals surface area contributed by atoms with Crippen LogP contribution in [-0.4, -0.2) is 66.0 Å². The number of hydrogen-bond acceptors (Lipinski definition) is 6. The van der Waals surface area contributed by atoms with Gasteiger partial charge in [0, 0.05) is 5.41 Å². The second-order valence-corrected chi connectivity index (χ2v) is 6.33. The van der Waals surface area contributed by atoms with E-state index in [1.54, 1.807) is 14.2 Å². The van der Waals surface area contributed by atoms with Crippen molar-refractivity contribution in [3.8, 4) is 11.5 Å². The van der Waals surface area contributed by atoms with E-state index in [0.29, 0.717) is 18.0 Å². The van der Waals surface area contributed by atoms with Crippen molar-refractivity contribution in [1.29, 1.82) is 0 Å². The molecule has 2 unspecified atom stereocenters. The molecule has 3 rings (SSSR count). The largest absolute Gasteiger partial charge is 0.493 e. The minimum Gasteiger partial charge on any atom is -0.493 e. The Kier molecular flexibility index (Phi) is 3.88. The fourth-order valence-corrected chi connectivity index (χ4v) is 3.99. The Morgan fingerprint density at radius 2 is 1.87 bits per heavy atom. The smallest absolute Gasteiger partial charge is 0.210 e. The summed E-state index contributed by atoms with van der Waals surface area (Å²) in [5.41, 5.74) is 0.303. The van der Waals surface area contributed by atoms with E-state index in [1.807, 2.05) is 36.2 Å². The predicted octanol–water partition coefficient (Wildman–Crippen LogP) is 0.257. The van der Waals surface area contributed by atoms with Crippen molar-refractivity contribution in [3.05, 3.63) is 35.9 Å². The normalized spacial score (nSPS) is 32.6. The highest BCUT2D eigenvalue weighted by Crippen LogP contribution is 2.49. The number of methoxy groups -OCH3 is 2. The summed E-state index contributed by atoms with van der Waals surface area (Å²) in [6, 6.07) is 4.94. The Labute approximate surface area is 135 Å². The van der Waals surface area contributed by atoms with Gasteiger partial charge in [0.1, 0.15) is 6.10 Å². The Hall–Kier alpha value is -1.60. The second kappa shape index (κ2) is 5.49. The molecule has 1 saturated heterocycles. The van der Waals surface area contributed by atoms with Gasteiger partial charge in [0.15, 0.2) is 11.5 Å². The van der Waals surface area contributed by atoms with E-state index in [9.17, 15) is 15.3 Å². The Morgan fingerprint density at radius 3 is 2.52 bits per heavy atom. The van der Waals surface area contributed by atoms with E-state index in [0.717, 1.165) is 12.0 Å². The van der Waals surface area contributed by atoms with Gasteiger partial charge >= 0.3 is 0 Å². The number of aliphatic hydroxyl groups is 3.